The minimum absolute atomic E-state index is 0.181. The highest BCUT2D eigenvalue weighted by atomic mass is 32.2. The summed E-state index contributed by atoms with van der Waals surface area (Å²) in [6.07, 6.45) is 2.34. The number of pyridine rings is 1. The molecule has 0 aliphatic rings. The third-order valence-corrected chi connectivity index (χ3v) is 3.21. The summed E-state index contributed by atoms with van der Waals surface area (Å²) in [5.74, 6) is -1.19. The predicted molar refractivity (Wildman–Crippen MR) is 59.1 cm³/mol. The largest absolute Gasteiger partial charge is 0.477 e. The zero-order valence-corrected chi connectivity index (χ0v) is 9.73. The zero-order valence-electron chi connectivity index (χ0n) is 8.91. The van der Waals surface area contributed by atoms with Crippen LogP contribution in [0.25, 0.3) is 0 Å². The predicted octanol–water partition coefficient (Wildman–Crippen LogP) is 0.566. The van der Waals surface area contributed by atoms with Crippen LogP contribution in [0.15, 0.2) is 18.3 Å². The van der Waals surface area contributed by atoms with Gasteiger partial charge in [0.1, 0.15) is 5.69 Å². The van der Waals surface area contributed by atoms with Crippen molar-refractivity contribution in [2.24, 2.45) is 0 Å². The minimum Gasteiger partial charge on any atom is -0.477 e. The van der Waals surface area contributed by atoms with E-state index in [4.69, 9.17) is 5.11 Å². The number of carboxylic acid groups (broad SMARTS) is 1. The molecule has 0 aliphatic carbocycles. The van der Waals surface area contributed by atoms with Crippen LogP contribution >= 0.6 is 0 Å². The van der Waals surface area contributed by atoms with E-state index < -0.39 is 16.0 Å². The summed E-state index contributed by atoms with van der Waals surface area (Å²) >= 11 is 0. The van der Waals surface area contributed by atoms with Gasteiger partial charge in [-0.2, -0.15) is 0 Å². The standard InChI is InChI=1S/C9H12N2O4S/c1-3-11(16(2,14)15)7-4-5-10-8(6-7)9(12)13/h4-6H,3H2,1-2H3,(H,12,13). The summed E-state index contributed by atoms with van der Waals surface area (Å²) in [5, 5.41) is 8.74. The van der Waals surface area contributed by atoms with Gasteiger partial charge < -0.3 is 5.11 Å². The van der Waals surface area contributed by atoms with Gasteiger partial charge in [-0.05, 0) is 19.1 Å². The Balaban J connectivity index is 3.22. The lowest BCUT2D eigenvalue weighted by atomic mass is 10.3. The molecule has 0 atom stereocenters. The van der Waals surface area contributed by atoms with Crippen LogP contribution in [0.2, 0.25) is 0 Å². The van der Waals surface area contributed by atoms with Crippen molar-refractivity contribution in [2.45, 2.75) is 6.92 Å². The lowest BCUT2D eigenvalue weighted by molar-refractivity contribution is 0.0690. The van der Waals surface area contributed by atoms with E-state index in [1.165, 1.54) is 18.3 Å². The molecule has 0 radical (unpaired) electrons. The quantitative estimate of drug-likeness (QED) is 0.836. The molecule has 0 spiro atoms. The summed E-state index contributed by atoms with van der Waals surface area (Å²) in [7, 11) is -3.40. The second-order valence-corrected chi connectivity index (χ2v) is 5.04. The maximum Gasteiger partial charge on any atom is 0.354 e. The van der Waals surface area contributed by atoms with Crippen molar-refractivity contribution in [3.8, 4) is 0 Å². The molecular weight excluding hydrogens is 232 g/mol. The molecule has 1 aromatic heterocycles. The van der Waals surface area contributed by atoms with E-state index >= 15 is 0 Å². The van der Waals surface area contributed by atoms with Crippen molar-refractivity contribution >= 4 is 21.7 Å². The fraction of sp³-hybridized carbons (Fsp3) is 0.333. The lowest BCUT2D eigenvalue weighted by Crippen LogP contribution is -2.29. The molecule has 0 unspecified atom stereocenters. The van der Waals surface area contributed by atoms with Gasteiger partial charge in [0, 0.05) is 12.7 Å². The number of hydrogen-bond acceptors (Lipinski definition) is 4. The first kappa shape index (κ1) is 12.4. The Kier molecular flexibility index (Phi) is 3.48. The van der Waals surface area contributed by atoms with Gasteiger partial charge in [-0.3, -0.25) is 4.31 Å². The van der Waals surface area contributed by atoms with Crippen LogP contribution in [-0.2, 0) is 10.0 Å². The molecule has 6 nitrogen and oxygen atoms in total. The van der Waals surface area contributed by atoms with Gasteiger partial charge >= 0.3 is 5.97 Å². The van der Waals surface area contributed by atoms with E-state index in [-0.39, 0.29) is 12.2 Å². The highest BCUT2D eigenvalue weighted by Gasteiger charge is 2.16. The van der Waals surface area contributed by atoms with Crippen LogP contribution in [0.3, 0.4) is 0 Å². The molecule has 0 fully saturated rings. The molecule has 0 bridgehead atoms. The Morgan fingerprint density at radius 3 is 2.62 bits per heavy atom. The van der Waals surface area contributed by atoms with Gasteiger partial charge in [-0.25, -0.2) is 18.2 Å². The summed E-state index contributed by atoms with van der Waals surface area (Å²) in [5.41, 5.74) is 0.122. The Labute approximate surface area is 93.6 Å². The van der Waals surface area contributed by atoms with E-state index in [0.717, 1.165) is 10.6 Å². The van der Waals surface area contributed by atoms with Crippen molar-refractivity contribution in [3.63, 3.8) is 0 Å². The normalized spacial score (nSPS) is 11.1. The fourth-order valence-electron chi connectivity index (χ4n) is 1.30. The number of nitrogens with zero attached hydrogens (tertiary/aromatic N) is 2. The van der Waals surface area contributed by atoms with Gasteiger partial charge in [-0.15, -0.1) is 0 Å². The molecule has 0 aliphatic heterocycles. The van der Waals surface area contributed by atoms with Gasteiger partial charge in [-0.1, -0.05) is 0 Å². The molecule has 1 N–H and O–H groups in total. The van der Waals surface area contributed by atoms with E-state index in [1.54, 1.807) is 6.92 Å². The average molecular weight is 244 g/mol. The van der Waals surface area contributed by atoms with Crippen LogP contribution in [-0.4, -0.2) is 37.3 Å². The Hall–Kier alpha value is -1.63. The number of rotatable bonds is 4. The summed E-state index contributed by atoms with van der Waals surface area (Å²) < 4.78 is 23.9. The van der Waals surface area contributed by atoms with E-state index in [2.05, 4.69) is 4.98 Å². The van der Waals surface area contributed by atoms with Crippen LogP contribution < -0.4 is 4.31 Å². The Morgan fingerprint density at radius 2 is 2.19 bits per heavy atom. The molecule has 0 saturated carbocycles. The van der Waals surface area contributed by atoms with Gasteiger partial charge in [0.15, 0.2) is 0 Å². The number of anilines is 1. The van der Waals surface area contributed by atoms with Crippen LogP contribution in [0, 0.1) is 0 Å². The van der Waals surface area contributed by atoms with Crippen LogP contribution in [0.4, 0.5) is 5.69 Å². The van der Waals surface area contributed by atoms with Crippen molar-refractivity contribution in [3.05, 3.63) is 24.0 Å². The Morgan fingerprint density at radius 1 is 1.56 bits per heavy atom. The molecule has 88 valence electrons. The van der Waals surface area contributed by atoms with Crippen LogP contribution in [0.5, 0.6) is 0 Å². The average Bonchev–Trinajstić information content (AvgIpc) is 2.17. The topological polar surface area (TPSA) is 87.6 Å². The summed E-state index contributed by atoms with van der Waals surface area (Å²) in [4.78, 5) is 14.3. The number of aromatic nitrogens is 1. The molecule has 0 aromatic carbocycles. The van der Waals surface area contributed by atoms with Crippen molar-refractivity contribution in [1.29, 1.82) is 0 Å². The van der Waals surface area contributed by atoms with E-state index in [1.807, 2.05) is 0 Å². The number of aromatic carboxylic acids is 1. The van der Waals surface area contributed by atoms with Crippen molar-refractivity contribution < 1.29 is 18.3 Å². The zero-order chi connectivity index (χ0) is 12.3. The van der Waals surface area contributed by atoms with E-state index in [9.17, 15) is 13.2 Å². The third-order valence-electron chi connectivity index (χ3n) is 1.94. The van der Waals surface area contributed by atoms with Crippen molar-refractivity contribution in [1.82, 2.24) is 4.98 Å². The molecule has 16 heavy (non-hydrogen) atoms. The second-order valence-electron chi connectivity index (χ2n) is 3.13. The van der Waals surface area contributed by atoms with Gasteiger partial charge in [0.05, 0.1) is 11.9 Å². The molecule has 0 saturated heterocycles. The summed E-state index contributed by atoms with van der Waals surface area (Å²) in [6.45, 7) is 1.91. The maximum absolute atomic E-state index is 11.4. The molecule has 1 heterocycles. The van der Waals surface area contributed by atoms with Gasteiger partial charge in [0.25, 0.3) is 0 Å². The lowest BCUT2D eigenvalue weighted by Gasteiger charge is -2.20. The Bertz CT molecular complexity index is 498. The highest BCUT2D eigenvalue weighted by Crippen LogP contribution is 2.17. The highest BCUT2D eigenvalue weighted by molar-refractivity contribution is 7.92. The molecular formula is C9H12N2O4S. The first-order valence-electron chi connectivity index (χ1n) is 4.53. The molecule has 7 heteroatoms. The second kappa shape index (κ2) is 4.48. The van der Waals surface area contributed by atoms with Crippen molar-refractivity contribution in [2.75, 3.05) is 17.1 Å². The van der Waals surface area contributed by atoms with E-state index in [0.29, 0.717) is 5.69 Å². The number of sulfonamides is 1. The number of hydrogen-bond donors (Lipinski definition) is 1. The fourth-order valence-corrected chi connectivity index (χ4v) is 2.27. The third kappa shape index (κ3) is 2.69. The van der Waals surface area contributed by atoms with Crippen LogP contribution in [0.1, 0.15) is 17.4 Å². The molecule has 1 rings (SSSR count). The smallest absolute Gasteiger partial charge is 0.354 e. The monoisotopic (exact) mass is 244 g/mol. The first-order valence-corrected chi connectivity index (χ1v) is 6.38. The molecule has 1 aromatic rings. The maximum atomic E-state index is 11.4. The molecule has 0 amide bonds. The minimum atomic E-state index is -3.40. The summed E-state index contributed by atoms with van der Waals surface area (Å²) in [6, 6.07) is 2.68. The SMILES string of the molecule is CCN(c1ccnc(C(=O)O)c1)S(C)(=O)=O. The van der Waals surface area contributed by atoms with Gasteiger partial charge in [0.2, 0.25) is 10.0 Å². The first-order chi connectivity index (χ1) is 7.36. The number of carbonyl (C=O) groups is 1. The number of carboxylic acids is 1.